The second-order valence-corrected chi connectivity index (χ2v) is 4.58. The Morgan fingerprint density at radius 2 is 2.05 bits per heavy atom. The third-order valence-corrected chi connectivity index (χ3v) is 3.18. The van der Waals surface area contributed by atoms with Crippen molar-refractivity contribution in [1.29, 1.82) is 0 Å². The first-order valence-electron chi connectivity index (χ1n) is 6.18. The van der Waals surface area contributed by atoms with Crippen molar-refractivity contribution in [2.75, 3.05) is 0 Å². The van der Waals surface area contributed by atoms with Crippen molar-refractivity contribution in [3.63, 3.8) is 0 Å². The average molecular weight is 258 g/mol. The smallest absolute Gasteiger partial charge is 0.254 e. The largest absolute Gasteiger partial charge is 0.348 e. The highest BCUT2D eigenvalue weighted by molar-refractivity contribution is 5.93. The van der Waals surface area contributed by atoms with Crippen molar-refractivity contribution in [3.05, 3.63) is 52.3 Å². The molecule has 0 saturated heterocycles. The summed E-state index contributed by atoms with van der Waals surface area (Å²) < 4.78 is 0. The molecule has 0 aliphatic heterocycles. The number of benzene rings is 1. The number of aromatic nitrogens is 2. The van der Waals surface area contributed by atoms with Gasteiger partial charge in [-0.3, -0.25) is 9.89 Å². The molecule has 5 nitrogen and oxygen atoms in total. The number of aromatic amines is 1. The molecule has 0 saturated carbocycles. The van der Waals surface area contributed by atoms with Gasteiger partial charge in [-0.15, -0.1) is 0 Å². The highest BCUT2D eigenvalue weighted by Gasteiger charge is 2.09. The number of amides is 1. The van der Waals surface area contributed by atoms with Crippen LogP contribution in [0.25, 0.3) is 0 Å². The molecule has 0 aliphatic carbocycles. The Bertz CT molecular complexity index is 552. The number of rotatable bonds is 4. The van der Waals surface area contributed by atoms with Crippen LogP contribution in [0.5, 0.6) is 0 Å². The molecular formula is C14H18N4O. The van der Waals surface area contributed by atoms with E-state index in [4.69, 9.17) is 5.73 Å². The van der Waals surface area contributed by atoms with Gasteiger partial charge in [-0.25, -0.2) is 0 Å². The lowest BCUT2D eigenvalue weighted by Crippen LogP contribution is -2.23. The van der Waals surface area contributed by atoms with Crippen LogP contribution in [0.4, 0.5) is 0 Å². The first-order chi connectivity index (χ1) is 9.11. The molecule has 0 atom stereocenters. The third kappa shape index (κ3) is 3.00. The molecule has 0 unspecified atom stereocenters. The number of hydrogen-bond donors (Lipinski definition) is 3. The number of nitrogens with one attached hydrogen (secondary N) is 2. The summed E-state index contributed by atoms with van der Waals surface area (Å²) in [6.45, 7) is 5.10. The van der Waals surface area contributed by atoms with E-state index in [-0.39, 0.29) is 5.91 Å². The molecule has 19 heavy (non-hydrogen) atoms. The van der Waals surface area contributed by atoms with Gasteiger partial charge < -0.3 is 11.1 Å². The minimum atomic E-state index is -0.129. The maximum absolute atomic E-state index is 11.8. The Morgan fingerprint density at radius 1 is 1.37 bits per heavy atom. The summed E-state index contributed by atoms with van der Waals surface area (Å²) in [7, 11) is 0. The second-order valence-electron chi connectivity index (χ2n) is 4.58. The molecular weight excluding hydrogens is 240 g/mol. The van der Waals surface area contributed by atoms with Gasteiger partial charge >= 0.3 is 0 Å². The van der Waals surface area contributed by atoms with Gasteiger partial charge in [-0.05, 0) is 36.1 Å². The summed E-state index contributed by atoms with van der Waals surface area (Å²) in [6, 6.07) is 4.12. The zero-order valence-electron chi connectivity index (χ0n) is 11.2. The zero-order chi connectivity index (χ0) is 13.8. The van der Waals surface area contributed by atoms with Crippen LogP contribution >= 0.6 is 0 Å². The maximum Gasteiger partial charge on any atom is 0.254 e. The summed E-state index contributed by atoms with van der Waals surface area (Å²) in [5.41, 5.74) is 10.7. The van der Waals surface area contributed by atoms with E-state index in [1.807, 2.05) is 13.8 Å². The topological polar surface area (TPSA) is 83.8 Å². The van der Waals surface area contributed by atoms with E-state index >= 15 is 0 Å². The highest BCUT2D eigenvalue weighted by Crippen LogP contribution is 2.16. The fourth-order valence-electron chi connectivity index (χ4n) is 2.13. The van der Waals surface area contributed by atoms with Gasteiger partial charge in [0, 0.05) is 19.3 Å². The molecule has 4 N–H and O–H groups in total. The minimum Gasteiger partial charge on any atom is -0.348 e. The predicted molar refractivity (Wildman–Crippen MR) is 73.6 cm³/mol. The van der Waals surface area contributed by atoms with E-state index in [1.165, 1.54) is 6.20 Å². The molecule has 0 fully saturated rings. The molecule has 0 aliphatic rings. The van der Waals surface area contributed by atoms with Crippen LogP contribution in [-0.2, 0) is 13.1 Å². The van der Waals surface area contributed by atoms with Crippen molar-refractivity contribution in [1.82, 2.24) is 15.5 Å². The van der Waals surface area contributed by atoms with E-state index in [9.17, 15) is 4.79 Å². The Hall–Kier alpha value is -2.14. The van der Waals surface area contributed by atoms with Crippen LogP contribution < -0.4 is 11.1 Å². The van der Waals surface area contributed by atoms with E-state index in [0.717, 1.165) is 22.3 Å². The lowest BCUT2D eigenvalue weighted by Gasteiger charge is -2.12. The second kappa shape index (κ2) is 5.67. The Balaban J connectivity index is 2.10. The fourth-order valence-corrected chi connectivity index (χ4v) is 2.13. The van der Waals surface area contributed by atoms with Crippen LogP contribution in [0.2, 0.25) is 0 Å². The van der Waals surface area contributed by atoms with Crippen LogP contribution in [0.15, 0.2) is 24.5 Å². The van der Waals surface area contributed by atoms with Gasteiger partial charge in [0.1, 0.15) is 0 Å². The number of nitrogens with zero attached hydrogens (tertiary/aromatic N) is 1. The van der Waals surface area contributed by atoms with E-state index in [1.54, 1.807) is 6.20 Å². The van der Waals surface area contributed by atoms with Gasteiger partial charge in [0.05, 0.1) is 11.8 Å². The molecule has 100 valence electrons. The molecule has 2 rings (SSSR count). The number of nitrogens with two attached hydrogens (primary N) is 1. The van der Waals surface area contributed by atoms with Crippen molar-refractivity contribution in [3.8, 4) is 0 Å². The number of hydrogen-bond acceptors (Lipinski definition) is 3. The maximum atomic E-state index is 11.8. The predicted octanol–water partition coefficient (Wildman–Crippen LogP) is 1.42. The fraction of sp³-hybridized carbons (Fsp3) is 0.286. The molecule has 1 aromatic carbocycles. The molecule has 5 heteroatoms. The molecule has 0 bridgehead atoms. The zero-order valence-corrected chi connectivity index (χ0v) is 11.2. The molecule has 1 amide bonds. The molecule has 2 aromatic rings. The van der Waals surface area contributed by atoms with Gasteiger partial charge in [0.2, 0.25) is 0 Å². The van der Waals surface area contributed by atoms with E-state index < -0.39 is 0 Å². The summed E-state index contributed by atoms with van der Waals surface area (Å²) in [5.74, 6) is -0.129. The summed E-state index contributed by atoms with van der Waals surface area (Å²) in [6.07, 6.45) is 3.08. The normalized spacial score (nSPS) is 10.5. The first kappa shape index (κ1) is 13.3. The minimum absolute atomic E-state index is 0.129. The standard InChI is InChI=1S/C14H18N4O/c1-9-3-11(5-15)4-10(2)13(9)8-16-14(19)12-6-17-18-7-12/h3-4,6-7H,5,8,15H2,1-2H3,(H,16,19)(H,17,18). The number of H-pyrrole nitrogens is 1. The van der Waals surface area contributed by atoms with Crippen molar-refractivity contribution >= 4 is 5.91 Å². The summed E-state index contributed by atoms with van der Waals surface area (Å²) in [5, 5.41) is 9.27. The van der Waals surface area contributed by atoms with Gasteiger partial charge in [-0.2, -0.15) is 5.10 Å². The molecule has 0 radical (unpaired) electrons. The van der Waals surface area contributed by atoms with Gasteiger partial charge in [0.25, 0.3) is 5.91 Å². The van der Waals surface area contributed by atoms with Crippen LogP contribution in [-0.4, -0.2) is 16.1 Å². The SMILES string of the molecule is Cc1cc(CN)cc(C)c1CNC(=O)c1cn[nH]c1. The molecule has 1 heterocycles. The van der Waals surface area contributed by atoms with E-state index in [2.05, 4.69) is 27.6 Å². The molecule has 0 spiro atoms. The average Bonchev–Trinajstić information content (AvgIpc) is 2.91. The summed E-state index contributed by atoms with van der Waals surface area (Å²) >= 11 is 0. The van der Waals surface area contributed by atoms with Crippen molar-refractivity contribution in [2.45, 2.75) is 26.9 Å². The van der Waals surface area contributed by atoms with E-state index in [0.29, 0.717) is 18.7 Å². The van der Waals surface area contributed by atoms with Gasteiger partial charge in [-0.1, -0.05) is 12.1 Å². The number of aryl methyl sites for hydroxylation is 2. The lowest BCUT2D eigenvalue weighted by molar-refractivity contribution is 0.0951. The monoisotopic (exact) mass is 258 g/mol. The number of carbonyl (C=O) groups excluding carboxylic acids is 1. The highest BCUT2D eigenvalue weighted by atomic mass is 16.1. The van der Waals surface area contributed by atoms with Gasteiger partial charge in [0.15, 0.2) is 0 Å². The third-order valence-electron chi connectivity index (χ3n) is 3.18. The number of carbonyl (C=O) groups is 1. The molecule has 1 aromatic heterocycles. The summed E-state index contributed by atoms with van der Waals surface area (Å²) in [4.78, 5) is 11.8. The van der Waals surface area contributed by atoms with Crippen molar-refractivity contribution < 1.29 is 4.79 Å². The Labute approximate surface area is 112 Å². The quantitative estimate of drug-likeness (QED) is 0.775. The Morgan fingerprint density at radius 3 is 2.58 bits per heavy atom. The van der Waals surface area contributed by atoms with Crippen LogP contribution in [0.3, 0.4) is 0 Å². The lowest BCUT2D eigenvalue weighted by atomic mass is 9.99. The Kier molecular flexibility index (Phi) is 3.97. The van der Waals surface area contributed by atoms with Crippen LogP contribution in [0.1, 0.15) is 32.6 Å². The van der Waals surface area contributed by atoms with Crippen molar-refractivity contribution in [2.24, 2.45) is 5.73 Å². The van der Waals surface area contributed by atoms with Crippen LogP contribution in [0, 0.1) is 13.8 Å². The first-order valence-corrected chi connectivity index (χ1v) is 6.18.